The highest BCUT2D eigenvalue weighted by Gasteiger charge is 2.25. The van der Waals surface area contributed by atoms with E-state index in [-0.39, 0.29) is 0 Å². The Morgan fingerprint density at radius 3 is 1.89 bits per heavy atom. The molecule has 0 aliphatic rings. The highest BCUT2D eigenvalue weighted by Crippen LogP contribution is 2.23. The summed E-state index contributed by atoms with van der Waals surface area (Å²) in [6, 6.07) is 0. The molecule has 0 bridgehead atoms. The summed E-state index contributed by atoms with van der Waals surface area (Å²) in [5.74, 6) is 1.51. The van der Waals surface area contributed by atoms with Crippen molar-refractivity contribution < 1.29 is 0 Å². The van der Waals surface area contributed by atoms with Gasteiger partial charge in [-0.15, -0.1) is 0 Å². The molecule has 0 aliphatic heterocycles. The molecule has 0 rings (SSSR count). The topological polar surface area (TPSA) is 15.3 Å². The maximum atomic E-state index is 3.61. The zero-order chi connectivity index (χ0) is 14.9. The molecule has 0 amide bonds. The van der Waals surface area contributed by atoms with Crippen LogP contribution in [0.4, 0.5) is 0 Å². The number of nitrogens with zero attached hydrogens (tertiary/aromatic N) is 1. The Hall–Kier alpha value is -0.0800. The van der Waals surface area contributed by atoms with Crippen LogP contribution in [0.25, 0.3) is 0 Å². The van der Waals surface area contributed by atoms with Crippen molar-refractivity contribution >= 4 is 0 Å². The first-order chi connectivity index (χ1) is 8.83. The van der Waals surface area contributed by atoms with Crippen molar-refractivity contribution in [3.63, 3.8) is 0 Å². The molecular formula is C17H38N2. The number of hydrogen-bond acceptors (Lipinski definition) is 2. The van der Waals surface area contributed by atoms with Crippen LogP contribution in [0.1, 0.15) is 61.3 Å². The molecule has 0 heterocycles. The third-order valence-corrected chi connectivity index (χ3v) is 3.68. The standard InChI is InChI=1S/C17H38N2/c1-8-10-18-13-17(7,9-2)14-19(11-15(3)4)12-16(5)6/h15-16,18H,8-14H2,1-7H3. The molecule has 2 heteroatoms. The van der Waals surface area contributed by atoms with Crippen LogP contribution in [-0.2, 0) is 0 Å². The Morgan fingerprint density at radius 2 is 1.53 bits per heavy atom. The summed E-state index contributed by atoms with van der Waals surface area (Å²) in [6.07, 6.45) is 2.47. The molecule has 0 aromatic rings. The minimum atomic E-state index is 0.402. The van der Waals surface area contributed by atoms with Gasteiger partial charge in [0, 0.05) is 26.2 Å². The van der Waals surface area contributed by atoms with Gasteiger partial charge in [-0.2, -0.15) is 0 Å². The van der Waals surface area contributed by atoms with Crippen LogP contribution >= 0.6 is 0 Å². The summed E-state index contributed by atoms with van der Waals surface area (Å²) in [4.78, 5) is 2.67. The smallest absolute Gasteiger partial charge is 0.00476 e. The predicted octanol–water partition coefficient (Wildman–Crippen LogP) is 4.02. The molecule has 1 N–H and O–H groups in total. The third kappa shape index (κ3) is 9.45. The number of hydrogen-bond donors (Lipinski definition) is 1. The van der Waals surface area contributed by atoms with Crippen LogP contribution < -0.4 is 5.32 Å². The van der Waals surface area contributed by atoms with Crippen LogP contribution in [0, 0.1) is 17.3 Å². The summed E-state index contributed by atoms with van der Waals surface area (Å²) < 4.78 is 0. The molecule has 0 aromatic carbocycles. The lowest BCUT2D eigenvalue weighted by Crippen LogP contribution is -2.44. The van der Waals surface area contributed by atoms with Crippen molar-refractivity contribution in [3.8, 4) is 0 Å². The maximum absolute atomic E-state index is 3.61. The average Bonchev–Trinajstić information content (AvgIpc) is 2.27. The molecule has 1 unspecified atom stereocenters. The first-order valence-corrected chi connectivity index (χ1v) is 8.26. The Balaban J connectivity index is 4.46. The Morgan fingerprint density at radius 1 is 1.00 bits per heavy atom. The van der Waals surface area contributed by atoms with Crippen LogP contribution in [0.3, 0.4) is 0 Å². The largest absolute Gasteiger partial charge is 0.316 e. The second kappa shape index (κ2) is 9.77. The van der Waals surface area contributed by atoms with E-state index < -0.39 is 0 Å². The van der Waals surface area contributed by atoms with Gasteiger partial charge in [-0.25, -0.2) is 0 Å². The van der Waals surface area contributed by atoms with Crippen molar-refractivity contribution in [2.45, 2.75) is 61.3 Å². The van der Waals surface area contributed by atoms with E-state index in [0.717, 1.165) is 24.9 Å². The zero-order valence-corrected chi connectivity index (χ0v) is 14.6. The Bertz CT molecular complexity index is 203. The quantitative estimate of drug-likeness (QED) is 0.571. The average molecular weight is 271 g/mol. The molecule has 1 atom stereocenters. The van der Waals surface area contributed by atoms with Gasteiger partial charge < -0.3 is 10.2 Å². The lowest BCUT2D eigenvalue weighted by Gasteiger charge is -2.37. The van der Waals surface area contributed by atoms with Gasteiger partial charge in [-0.3, -0.25) is 0 Å². The van der Waals surface area contributed by atoms with Crippen LogP contribution in [0.5, 0.6) is 0 Å². The molecule has 0 radical (unpaired) electrons. The summed E-state index contributed by atoms with van der Waals surface area (Å²) >= 11 is 0. The van der Waals surface area contributed by atoms with Crippen molar-refractivity contribution in [1.29, 1.82) is 0 Å². The van der Waals surface area contributed by atoms with E-state index in [1.54, 1.807) is 0 Å². The van der Waals surface area contributed by atoms with E-state index in [2.05, 4.69) is 58.7 Å². The molecule has 19 heavy (non-hydrogen) atoms. The normalized spacial score (nSPS) is 15.5. The van der Waals surface area contributed by atoms with Crippen LogP contribution in [0.2, 0.25) is 0 Å². The lowest BCUT2D eigenvalue weighted by atomic mass is 9.86. The highest BCUT2D eigenvalue weighted by atomic mass is 15.1. The lowest BCUT2D eigenvalue weighted by molar-refractivity contribution is 0.130. The Kier molecular flexibility index (Phi) is 9.72. The fourth-order valence-electron chi connectivity index (χ4n) is 2.64. The fraction of sp³-hybridized carbons (Fsp3) is 1.00. The zero-order valence-electron chi connectivity index (χ0n) is 14.6. The van der Waals surface area contributed by atoms with E-state index >= 15 is 0 Å². The van der Waals surface area contributed by atoms with Crippen molar-refractivity contribution in [3.05, 3.63) is 0 Å². The molecule has 2 nitrogen and oxygen atoms in total. The van der Waals surface area contributed by atoms with Crippen LogP contribution in [0.15, 0.2) is 0 Å². The minimum Gasteiger partial charge on any atom is -0.316 e. The molecule has 0 spiro atoms. The molecule has 0 aliphatic carbocycles. The summed E-state index contributed by atoms with van der Waals surface area (Å²) in [5.41, 5.74) is 0.402. The predicted molar refractivity (Wildman–Crippen MR) is 87.7 cm³/mol. The molecule has 0 saturated carbocycles. The summed E-state index contributed by atoms with van der Waals surface area (Å²) in [5, 5.41) is 3.61. The van der Waals surface area contributed by atoms with Gasteiger partial charge in [0.05, 0.1) is 0 Å². The van der Waals surface area contributed by atoms with Gasteiger partial charge in [-0.05, 0) is 36.6 Å². The van der Waals surface area contributed by atoms with Crippen molar-refractivity contribution in [1.82, 2.24) is 10.2 Å². The summed E-state index contributed by atoms with van der Waals surface area (Å²) in [6.45, 7) is 22.3. The molecule has 0 fully saturated rings. The van der Waals surface area contributed by atoms with Crippen molar-refractivity contribution in [2.75, 3.05) is 32.7 Å². The van der Waals surface area contributed by atoms with Gasteiger partial charge in [0.25, 0.3) is 0 Å². The summed E-state index contributed by atoms with van der Waals surface area (Å²) in [7, 11) is 0. The van der Waals surface area contributed by atoms with E-state index in [4.69, 9.17) is 0 Å². The number of nitrogens with one attached hydrogen (secondary N) is 1. The highest BCUT2D eigenvalue weighted by molar-refractivity contribution is 4.80. The monoisotopic (exact) mass is 270 g/mol. The van der Waals surface area contributed by atoms with E-state index in [1.165, 1.54) is 32.5 Å². The van der Waals surface area contributed by atoms with Gasteiger partial charge >= 0.3 is 0 Å². The molecule has 0 aromatic heterocycles. The van der Waals surface area contributed by atoms with Gasteiger partial charge in [-0.1, -0.05) is 48.5 Å². The first-order valence-electron chi connectivity index (χ1n) is 8.26. The first kappa shape index (κ1) is 18.9. The third-order valence-electron chi connectivity index (χ3n) is 3.68. The Labute approximate surface area is 122 Å². The molecule has 116 valence electrons. The van der Waals surface area contributed by atoms with Crippen molar-refractivity contribution in [2.24, 2.45) is 17.3 Å². The fourth-order valence-corrected chi connectivity index (χ4v) is 2.64. The second-order valence-corrected chi connectivity index (χ2v) is 7.32. The minimum absolute atomic E-state index is 0.402. The molecule has 0 saturated heterocycles. The van der Waals surface area contributed by atoms with Gasteiger partial charge in [0.15, 0.2) is 0 Å². The maximum Gasteiger partial charge on any atom is 0.00476 e. The van der Waals surface area contributed by atoms with E-state index in [9.17, 15) is 0 Å². The van der Waals surface area contributed by atoms with Gasteiger partial charge in [0.1, 0.15) is 0 Å². The SMILES string of the molecule is CCCNCC(C)(CC)CN(CC(C)C)CC(C)C. The van der Waals surface area contributed by atoms with E-state index in [1.807, 2.05) is 0 Å². The number of rotatable bonds is 11. The van der Waals surface area contributed by atoms with Gasteiger partial charge in [0.2, 0.25) is 0 Å². The molecular weight excluding hydrogens is 232 g/mol. The van der Waals surface area contributed by atoms with E-state index in [0.29, 0.717) is 5.41 Å². The van der Waals surface area contributed by atoms with Crippen LogP contribution in [-0.4, -0.2) is 37.6 Å². The second-order valence-electron chi connectivity index (χ2n) is 7.32.